The minimum atomic E-state index is -0.202. The molecule has 0 bridgehead atoms. The van der Waals surface area contributed by atoms with Crippen molar-refractivity contribution in [2.75, 3.05) is 0 Å². The van der Waals surface area contributed by atoms with Gasteiger partial charge in [0.1, 0.15) is 5.78 Å². The molecular weight excluding hydrogens is 272 g/mol. The molecule has 0 aliphatic heterocycles. The van der Waals surface area contributed by atoms with Crippen LogP contribution in [0.4, 0.5) is 0 Å². The third-order valence-electron chi connectivity index (χ3n) is 7.39. The fraction of sp³-hybridized carbons (Fsp3) is 0.850. The molecule has 0 aromatic heterocycles. The number of Topliss-reactive ketones (excluding diaryl/α,β-unsaturated/α-hetero) is 1. The first kappa shape index (κ1) is 16.2. The summed E-state index contributed by atoms with van der Waals surface area (Å²) >= 11 is 0. The average molecular weight is 304 g/mol. The van der Waals surface area contributed by atoms with Crippen LogP contribution >= 0.6 is 0 Å². The summed E-state index contributed by atoms with van der Waals surface area (Å²) in [6.45, 7) is 6.59. The lowest BCUT2D eigenvalue weighted by atomic mass is 9.50. The Kier molecular flexibility index (Phi) is 4.51. The summed E-state index contributed by atoms with van der Waals surface area (Å²) in [5, 5.41) is 10.5. The van der Waals surface area contributed by atoms with E-state index >= 15 is 0 Å². The fourth-order valence-corrected chi connectivity index (χ4v) is 6.26. The Morgan fingerprint density at radius 3 is 2.64 bits per heavy atom. The number of fused-ring (bicyclic) bond motifs is 2. The highest BCUT2D eigenvalue weighted by molar-refractivity contribution is 5.82. The number of hydrogen-bond acceptors (Lipinski definition) is 2. The van der Waals surface area contributed by atoms with Gasteiger partial charge in [0.15, 0.2) is 0 Å². The molecule has 0 aromatic carbocycles. The molecule has 2 nitrogen and oxygen atoms in total. The molecule has 0 heterocycles. The summed E-state index contributed by atoms with van der Waals surface area (Å²) in [4.78, 5) is 11.8. The van der Waals surface area contributed by atoms with E-state index in [2.05, 4.69) is 13.8 Å². The van der Waals surface area contributed by atoms with Gasteiger partial charge in [0, 0.05) is 12.8 Å². The lowest BCUT2D eigenvalue weighted by Crippen LogP contribution is -2.50. The highest BCUT2D eigenvalue weighted by Crippen LogP contribution is 2.58. The second-order valence-corrected chi connectivity index (χ2v) is 7.97. The second kappa shape index (κ2) is 6.11. The first-order chi connectivity index (χ1) is 10.5. The maximum absolute atomic E-state index is 11.8. The van der Waals surface area contributed by atoms with E-state index in [1.165, 1.54) is 24.8 Å². The van der Waals surface area contributed by atoms with E-state index in [1.54, 1.807) is 5.57 Å². The van der Waals surface area contributed by atoms with E-state index in [-0.39, 0.29) is 11.5 Å². The van der Waals surface area contributed by atoms with Crippen molar-refractivity contribution in [1.82, 2.24) is 0 Å². The number of rotatable bonds is 3. The van der Waals surface area contributed by atoms with Crippen molar-refractivity contribution >= 4 is 5.78 Å². The van der Waals surface area contributed by atoms with E-state index in [9.17, 15) is 9.90 Å². The number of allylic oxidation sites excluding steroid dienone is 2. The first-order valence-electron chi connectivity index (χ1n) is 9.44. The Balaban J connectivity index is 1.91. The third kappa shape index (κ3) is 2.38. The molecule has 2 heteroatoms. The number of carbonyl (C=O) groups excluding carboxylic acids is 1. The molecule has 0 spiro atoms. The van der Waals surface area contributed by atoms with E-state index < -0.39 is 0 Å². The van der Waals surface area contributed by atoms with Gasteiger partial charge >= 0.3 is 0 Å². The van der Waals surface area contributed by atoms with Crippen molar-refractivity contribution in [3.8, 4) is 0 Å². The third-order valence-corrected chi connectivity index (χ3v) is 7.39. The summed E-state index contributed by atoms with van der Waals surface area (Å²) in [6, 6.07) is 0. The Labute approximate surface area is 135 Å². The summed E-state index contributed by atoms with van der Waals surface area (Å²) in [7, 11) is 0. The molecule has 1 saturated carbocycles. The average Bonchev–Trinajstić information content (AvgIpc) is 2.52. The van der Waals surface area contributed by atoms with Crippen molar-refractivity contribution in [2.45, 2.75) is 84.7 Å². The minimum absolute atomic E-state index is 0.123. The van der Waals surface area contributed by atoms with Crippen LogP contribution in [0.1, 0.15) is 78.6 Å². The molecular formula is C20H32O2. The molecule has 0 radical (unpaired) electrons. The van der Waals surface area contributed by atoms with Crippen LogP contribution in [0, 0.1) is 23.2 Å². The summed E-state index contributed by atoms with van der Waals surface area (Å²) in [6.07, 6.45) is 9.38. The first-order valence-corrected chi connectivity index (χ1v) is 9.44. The number of aliphatic hydroxyl groups is 1. The molecule has 5 atom stereocenters. The van der Waals surface area contributed by atoms with Gasteiger partial charge in [0.25, 0.3) is 0 Å². The number of carbonyl (C=O) groups is 1. The van der Waals surface area contributed by atoms with E-state index in [4.69, 9.17) is 0 Å². The van der Waals surface area contributed by atoms with Crippen LogP contribution in [-0.4, -0.2) is 17.0 Å². The largest absolute Gasteiger partial charge is 0.393 e. The van der Waals surface area contributed by atoms with Crippen LogP contribution in [0.25, 0.3) is 0 Å². The smallest absolute Gasteiger partial charge is 0.137 e. The molecule has 22 heavy (non-hydrogen) atoms. The Morgan fingerprint density at radius 1 is 1.23 bits per heavy atom. The van der Waals surface area contributed by atoms with Crippen LogP contribution in [0.3, 0.4) is 0 Å². The molecule has 0 saturated heterocycles. The highest BCUT2D eigenvalue weighted by atomic mass is 16.3. The van der Waals surface area contributed by atoms with Gasteiger partial charge in [-0.1, -0.05) is 31.4 Å². The van der Waals surface area contributed by atoms with Gasteiger partial charge in [0.2, 0.25) is 0 Å². The lowest BCUT2D eigenvalue weighted by molar-refractivity contribution is -0.119. The summed E-state index contributed by atoms with van der Waals surface area (Å²) in [5.74, 6) is 2.54. The summed E-state index contributed by atoms with van der Waals surface area (Å²) in [5.41, 5.74) is 3.27. The van der Waals surface area contributed by atoms with Gasteiger partial charge in [-0.15, -0.1) is 0 Å². The monoisotopic (exact) mass is 304 g/mol. The number of ketones is 1. The predicted octanol–water partition coefficient (Wildman–Crippen LogP) is 4.66. The maximum Gasteiger partial charge on any atom is 0.137 e. The van der Waals surface area contributed by atoms with Gasteiger partial charge in [-0.2, -0.15) is 0 Å². The van der Waals surface area contributed by atoms with Crippen molar-refractivity contribution in [3.63, 3.8) is 0 Å². The zero-order valence-corrected chi connectivity index (χ0v) is 14.5. The Hall–Kier alpha value is -0.630. The zero-order chi connectivity index (χ0) is 15.9. The van der Waals surface area contributed by atoms with Gasteiger partial charge in [-0.25, -0.2) is 0 Å². The Morgan fingerprint density at radius 2 is 2.00 bits per heavy atom. The normalized spacial score (nSPS) is 40.2. The molecule has 1 fully saturated rings. The van der Waals surface area contributed by atoms with Crippen LogP contribution in [0.15, 0.2) is 11.1 Å². The van der Waals surface area contributed by atoms with Crippen molar-refractivity contribution in [3.05, 3.63) is 11.1 Å². The van der Waals surface area contributed by atoms with Crippen molar-refractivity contribution < 1.29 is 9.90 Å². The van der Waals surface area contributed by atoms with E-state index in [1.807, 2.05) is 6.92 Å². The van der Waals surface area contributed by atoms with Crippen LogP contribution < -0.4 is 0 Å². The zero-order valence-electron chi connectivity index (χ0n) is 14.5. The maximum atomic E-state index is 11.8. The van der Waals surface area contributed by atoms with Crippen LogP contribution in [0.2, 0.25) is 0 Å². The molecule has 3 rings (SSSR count). The van der Waals surface area contributed by atoms with Crippen molar-refractivity contribution in [2.24, 2.45) is 23.2 Å². The van der Waals surface area contributed by atoms with Crippen molar-refractivity contribution in [1.29, 1.82) is 0 Å². The number of hydrogen-bond donors (Lipinski definition) is 1. The van der Waals surface area contributed by atoms with Crippen LogP contribution in [-0.2, 0) is 4.79 Å². The predicted molar refractivity (Wildman–Crippen MR) is 89.5 cm³/mol. The van der Waals surface area contributed by atoms with E-state index in [0.29, 0.717) is 17.6 Å². The van der Waals surface area contributed by atoms with Gasteiger partial charge < -0.3 is 5.11 Å². The minimum Gasteiger partial charge on any atom is -0.393 e. The number of aliphatic hydroxyl groups excluding tert-OH is 1. The van der Waals surface area contributed by atoms with Gasteiger partial charge in [-0.3, -0.25) is 4.79 Å². The topological polar surface area (TPSA) is 37.3 Å². The molecule has 1 N–H and O–H groups in total. The molecule has 0 aromatic rings. The Bertz CT molecular complexity index is 476. The standard InChI is InChI=1S/C20H32O2/c1-4-19-18-8-6-14-12-15(22)7-9-16(14)17(18)10-11-20(19,5-2)13(3)21/h13,17-19,21H,4-12H2,1-3H3/t13?,17-,18-,19+,20?/m1/s1. The van der Waals surface area contributed by atoms with E-state index in [0.717, 1.165) is 44.4 Å². The van der Waals surface area contributed by atoms with Crippen LogP contribution in [0.5, 0.6) is 0 Å². The fourth-order valence-electron chi connectivity index (χ4n) is 6.26. The quantitative estimate of drug-likeness (QED) is 0.770. The van der Waals surface area contributed by atoms with Gasteiger partial charge in [0.05, 0.1) is 6.10 Å². The highest BCUT2D eigenvalue weighted by Gasteiger charge is 2.51. The van der Waals surface area contributed by atoms with Gasteiger partial charge in [-0.05, 0) is 68.6 Å². The lowest BCUT2D eigenvalue weighted by Gasteiger charge is -2.55. The molecule has 3 aliphatic carbocycles. The molecule has 124 valence electrons. The molecule has 3 aliphatic rings. The second-order valence-electron chi connectivity index (χ2n) is 7.97. The summed E-state index contributed by atoms with van der Waals surface area (Å²) < 4.78 is 0. The molecule has 0 amide bonds. The molecule has 2 unspecified atom stereocenters. The SMILES string of the molecule is CC[C@H]1[C@@H]2CCC3=C(CCC(=O)C3)[C@H]2CCC1(CC)C(C)O.